The maximum atomic E-state index is 4.63. The van der Waals surface area contributed by atoms with E-state index < -0.39 is 0 Å². The maximum absolute atomic E-state index is 4.63. The predicted molar refractivity (Wildman–Crippen MR) is 29.6 cm³/mol. The minimum absolute atomic E-state index is 0. The summed E-state index contributed by atoms with van der Waals surface area (Å²) >= 11 is 0. The third-order valence-electron chi connectivity index (χ3n) is 0.421. The van der Waals surface area contributed by atoms with Crippen molar-refractivity contribution in [3.63, 3.8) is 0 Å². The molecule has 1 radical (unpaired) electrons. The van der Waals surface area contributed by atoms with E-state index in [1.54, 1.807) is 0 Å². The molecule has 0 aliphatic carbocycles. The average Bonchev–Trinajstić information content (AvgIpc) is 1.61. The Hall–Kier alpha value is 0.384. The molecule has 0 saturated carbocycles. The molecule has 8 heavy (non-hydrogen) atoms. The van der Waals surface area contributed by atoms with Gasteiger partial charge in [0.1, 0.15) is 0 Å². The molecule has 0 N–H and O–H groups in total. The minimum atomic E-state index is 0. The quantitative estimate of drug-likeness (QED) is 0.369. The topological polar surface area (TPSA) is 9.23 Å². The van der Waals surface area contributed by atoms with Crippen molar-refractivity contribution in [1.82, 2.24) is 0 Å². The smallest absolute Gasteiger partial charge is 0.0672 e. The summed E-state index contributed by atoms with van der Waals surface area (Å²) in [5, 5.41) is 0. The van der Waals surface area contributed by atoms with Gasteiger partial charge < -0.3 is 11.0 Å². The summed E-state index contributed by atoms with van der Waals surface area (Å²) in [6.45, 7) is 9.26. The van der Waals surface area contributed by atoms with Crippen LogP contribution in [-0.4, -0.2) is 6.61 Å². The van der Waals surface area contributed by atoms with Crippen molar-refractivity contribution in [2.75, 3.05) is 6.61 Å². The second-order valence-electron chi connectivity index (χ2n) is 1.39. The van der Waals surface area contributed by atoms with Crippen molar-refractivity contribution in [2.45, 2.75) is 6.92 Å². The first kappa shape index (κ1) is 11.2. The number of hydrogen-bond donors (Lipinski definition) is 0. The Morgan fingerprint density at radius 1 is 1.75 bits per heavy atom. The van der Waals surface area contributed by atoms with Crippen molar-refractivity contribution >= 4 is 0 Å². The van der Waals surface area contributed by atoms with Gasteiger partial charge in [0, 0.05) is 32.7 Å². The molecule has 0 aromatic rings. The Morgan fingerprint density at radius 2 is 2.25 bits per heavy atom. The number of rotatable bonds is 3. The third kappa shape index (κ3) is 9.63. The second-order valence-corrected chi connectivity index (χ2v) is 1.39. The number of ether oxygens (including phenoxy) is 1. The maximum Gasteiger partial charge on any atom is 0.0672 e. The zero-order valence-electron chi connectivity index (χ0n) is 5.11. The summed E-state index contributed by atoms with van der Waals surface area (Å²) in [5.74, 6) is 0. The SMILES string of the molecule is C=[C-]OCC(=C)C.[Y]. The summed E-state index contributed by atoms with van der Waals surface area (Å²) in [6.07, 6.45) is 2.29. The molecule has 0 bridgehead atoms. The van der Waals surface area contributed by atoms with Crippen LogP contribution in [0.25, 0.3) is 0 Å². The molecule has 0 amide bonds. The van der Waals surface area contributed by atoms with E-state index in [1.165, 1.54) is 0 Å². The molecular weight excluding hydrogens is 177 g/mol. The Morgan fingerprint density at radius 3 is 2.38 bits per heavy atom. The first-order valence-electron chi connectivity index (χ1n) is 2.05. The van der Waals surface area contributed by atoms with Gasteiger partial charge in [0.25, 0.3) is 0 Å². The Balaban J connectivity index is 0. The number of hydrogen-bond acceptors (Lipinski definition) is 1. The standard InChI is InChI=1S/C6H9O.Y/c1-4-7-5-6(2)3;/h1-2,5H2,3H3;/q-1;. The monoisotopic (exact) mass is 186 g/mol. The van der Waals surface area contributed by atoms with Crippen LogP contribution in [0.4, 0.5) is 0 Å². The molecule has 0 aliphatic rings. The Kier molecular flexibility index (Phi) is 10.4. The summed E-state index contributed by atoms with van der Waals surface area (Å²) in [5.41, 5.74) is 0.983. The first-order chi connectivity index (χ1) is 3.27. The minimum Gasteiger partial charge on any atom is -0.691 e. The third-order valence-corrected chi connectivity index (χ3v) is 0.421. The molecule has 0 aromatic heterocycles. The van der Waals surface area contributed by atoms with Gasteiger partial charge in [-0.25, -0.2) is 6.58 Å². The van der Waals surface area contributed by atoms with E-state index in [0.29, 0.717) is 6.61 Å². The van der Waals surface area contributed by atoms with Gasteiger partial charge in [0.15, 0.2) is 0 Å². The summed E-state index contributed by atoms with van der Waals surface area (Å²) in [4.78, 5) is 0. The molecule has 0 atom stereocenters. The van der Waals surface area contributed by atoms with Crippen LogP contribution < -0.4 is 0 Å². The molecule has 43 valence electrons. The fourth-order valence-electron chi connectivity index (χ4n) is 0.174. The van der Waals surface area contributed by atoms with Crippen molar-refractivity contribution in [3.8, 4) is 0 Å². The van der Waals surface area contributed by atoms with E-state index in [9.17, 15) is 0 Å². The Labute approximate surface area is 75.7 Å². The van der Waals surface area contributed by atoms with Gasteiger partial charge in [-0.05, 0) is 12.5 Å². The Bertz CT molecular complexity index is 78.6. The average molecular weight is 186 g/mol. The van der Waals surface area contributed by atoms with Crippen LogP contribution in [0.2, 0.25) is 0 Å². The molecule has 0 saturated heterocycles. The van der Waals surface area contributed by atoms with Crippen LogP contribution in [-0.2, 0) is 37.4 Å². The van der Waals surface area contributed by atoms with Crippen LogP contribution in [0.1, 0.15) is 6.92 Å². The first-order valence-corrected chi connectivity index (χ1v) is 2.05. The predicted octanol–water partition coefficient (Wildman–Crippen LogP) is 1.52. The van der Waals surface area contributed by atoms with Crippen LogP contribution in [0.3, 0.4) is 0 Å². The molecule has 0 rings (SSSR count). The summed E-state index contributed by atoms with van der Waals surface area (Å²) in [7, 11) is 0. The van der Waals surface area contributed by atoms with E-state index >= 15 is 0 Å². The van der Waals surface area contributed by atoms with Crippen LogP contribution in [0.5, 0.6) is 0 Å². The van der Waals surface area contributed by atoms with Crippen LogP contribution >= 0.6 is 0 Å². The van der Waals surface area contributed by atoms with Gasteiger partial charge in [-0.15, -0.1) is 0 Å². The summed E-state index contributed by atoms with van der Waals surface area (Å²) < 4.78 is 4.63. The molecular formula is C6H9OY-. The zero-order valence-corrected chi connectivity index (χ0v) is 7.95. The van der Waals surface area contributed by atoms with Crippen LogP contribution in [0.15, 0.2) is 18.7 Å². The fraction of sp³-hybridized carbons (Fsp3) is 0.333. The normalized spacial score (nSPS) is 6.62. The van der Waals surface area contributed by atoms with E-state index in [1.807, 2.05) is 6.92 Å². The van der Waals surface area contributed by atoms with Gasteiger partial charge in [-0.2, -0.15) is 0 Å². The molecule has 2 heteroatoms. The van der Waals surface area contributed by atoms with Crippen molar-refractivity contribution in [2.24, 2.45) is 0 Å². The molecule has 0 heterocycles. The summed E-state index contributed by atoms with van der Waals surface area (Å²) in [6, 6.07) is 0. The molecule has 0 fully saturated rings. The molecule has 0 unspecified atom stereocenters. The van der Waals surface area contributed by atoms with Gasteiger partial charge in [-0.3, -0.25) is 0 Å². The van der Waals surface area contributed by atoms with Crippen molar-refractivity contribution in [3.05, 3.63) is 25.0 Å². The molecule has 0 aromatic carbocycles. The van der Waals surface area contributed by atoms with Gasteiger partial charge in [-0.1, -0.05) is 6.58 Å². The van der Waals surface area contributed by atoms with E-state index in [4.69, 9.17) is 0 Å². The fourth-order valence-corrected chi connectivity index (χ4v) is 0.174. The van der Waals surface area contributed by atoms with E-state index in [0.717, 1.165) is 5.57 Å². The van der Waals surface area contributed by atoms with Gasteiger partial charge >= 0.3 is 0 Å². The van der Waals surface area contributed by atoms with Gasteiger partial charge in [0.2, 0.25) is 0 Å². The largest absolute Gasteiger partial charge is 0.691 e. The molecule has 1 nitrogen and oxygen atoms in total. The zero-order chi connectivity index (χ0) is 5.70. The molecule has 0 aliphatic heterocycles. The van der Waals surface area contributed by atoms with Crippen molar-refractivity contribution in [1.29, 1.82) is 0 Å². The van der Waals surface area contributed by atoms with Gasteiger partial charge in [0.05, 0.1) is 6.61 Å². The second kappa shape index (κ2) is 7.38. The van der Waals surface area contributed by atoms with Crippen LogP contribution in [0, 0.1) is 6.26 Å². The van der Waals surface area contributed by atoms with E-state index in [2.05, 4.69) is 24.2 Å². The molecule has 0 spiro atoms. The van der Waals surface area contributed by atoms with E-state index in [-0.39, 0.29) is 32.7 Å². The van der Waals surface area contributed by atoms with Crippen molar-refractivity contribution < 1.29 is 37.4 Å².